The second-order valence-corrected chi connectivity index (χ2v) is 7.02. The van der Waals surface area contributed by atoms with Gasteiger partial charge >= 0.3 is 0 Å². The van der Waals surface area contributed by atoms with Crippen molar-refractivity contribution in [2.24, 2.45) is 5.92 Å². The predicted molar refractivity (Wildman–Crippen MR) is 71.4 cm³/mol. The van der Waals surface area contributed by atoms with E-state index in [-0.39, 0.29) is 17.4 Å². The summed E-state index contributed by atoms with van der Waals surface area (Å²) in [5, 5.41) is 9.12. The Labute approximate surface area is 115 Å². The summed E-state index contributed by atoms with van der Waals surface area (Å²) in [5.74, 6) is 0.0301. The van der Waals surface area contributed by atoms with Gasteiger partial charge in [-0.25, -0.2) is 8.42 Å². The van der Waals surface area contributed by atoms with Crippen molar-refractivity contribution in [1.82, 2.24) is 13.1 Å². The minimum atomic E-state index is -3.55. The van der Waals surface area contributed by atoms with Gasteiger partial charge in [-0.15, -0.1) is 0 Å². The quantitative estimate of drug-likeness (QED) is 0.901. The lowest BCUT2D eigenvalue weighted by atomic mass is 10.1. The lowest BCUT2D eigenvalue weighted by Gasteiger charge is -2.16. The van der Waals surface area contributed by atoms with Gasteiger partial charge in [0.15, 0.2) is 0 Å². The summed E-state index contributed by atoms with van der Waals surface area (Å²) in [6.07, 6.45) is 0.695. The van der Waals surface area contributed by atoms with Gasteiger partial charge < -0.3 is 5.11 Å². The molecule has 1 fully saturated rings. The molecule has 1 N–H and O–H groups in total. The molecule has 1 aromatic carbocycles. The Hall–Kier alpha value is -1.09. The first kappa shape index (κ1) is 12.9. The van der Waals surface area contributed by atoms with Crippen molar-refractivity contribution in [3.8, 4) is 0 Å². The van der Waals surface area contributed by atoms with E-state index >= 15 is 0 Å². The summed E-state index contributed by atoms with van der Waals surface area (Å²) in [6.45, 7) is 0.836. The number of hydrogen-bond acceptors (Lipinski definition) is 6. The fraction of sp³-hybridized carbons (Fsp3) is 0.455. The lowest BCUT2D eigenvalue weighted by molar-refractivity contribution is 0.233. The van der Waals surface area contributed by atoms with E-state index in [4.69, 9.17) is 5.11 Å². The number of nitrogens with zero attached hydrogens (tertiary/aromatic N) is 3. The van der Waals surface area contributed by atoms with Crippen LogP contribution in [0.5, 0.6) is 0 Å². The molecular formula is C11H13N3O3S2. The summed E-state index contributed by atoms with van der Waals surface area (Å²) in [7, 11) is -3.55. The van der Waals surface area contributed by atoms with E-state index in [2.05, 4.69) is 8.75 Å². The van der Waals surface area contributed by atoms with Crippen molar-refractivity contribution in [2.45, 2.75) is 11.3 Å². The summed E-state index contributed by atoms with van der Waals surface area (Å²) in [4.78, 5) is 0.206. The number of fused-ring (bicyclic) bond motifs is 1. The van der Waals surface area contributed by atoms with Crippen LogP contribution in [0.4, 0.5) is 0 Å². The zero-order chi connectivity index (χ0) is 13.5. The second-order valence-electron chi connectivity index (χ2n) is 4.59. The van der Waals surface area contributed by atoms with Crippen LogP contribution in [0.2, 0.25) is 0 Å². The number of sulfonamides is 1. The molecular weight excluding hydrogens is 286 g/mol. The highest BCUT2D eigenvalue weighted by molar-refractivity contribution is 7.89. The number of rotatable bonds is 3. The molecule has 102 valence electrons. The van der Waals surface area contributed by atoms with E-state index in [1.165, 1.54) is 4.31 Å². The number of hydrogen-bond donors (Lipinski definition) is 1. The number of benzene rings is 1. The van der Waals surface area contributed by atoms with Crippen LogP contribution in [0.1, 0.15) is 6.42 Å². The maximum Gasteiger partial charge on any atom is 0.245 e. The van der Waals surface area contributed by atoms with E-state index in [1.807, 2.05) is 0 Å². The van der Waals surface area contributed by atoms with Crippen molar-refractivity contribution in [3.05, 3.63) is 18.2 Å². The molecule has 2 aromatic rings. The van der Waals surface area contributed by atoms with Gasteiger partial charge in [0.05, 0.1) is 11.7 Å². The topological polar surface area (TPSA) is 83.4 Å². The molecule has 1 atom stereocenters. The monoisotopic (exact) mass is 299 g/mol. The van der Waals surface area contributed by atoms with Crippen LogP contribution in [0, 0.1) is 5.92 Å². The van der Waals surface area contributed by atoms with Crippen LogP contribution in [0.25, 0.3) is 11.0 Å². The van der Waals surface area contributed by atoms with Crippen molar-refractivity contribution in [3.63, 3.8) is 0 Å². The zero-order valence-corrected chi connectivity index (χ0v) is 11.7. The van der Waals surface area contributed by atoms with Gasteiger partial charge in [-0.1, -0.05) is 6.07 Å². The van der Waals surface area contributed by atoms with Crippen LogP contribution in [0.3, 0.4) is 0 Å². The largest absolute Gasteiger partial charge is 0.396 e. The fourth-order valence-corrected chi connectivity index (χ4v) is 4.58. The summed E-state index contributed by atoms with van der Waals surface area (Å²) >= 11 is 1.01. The highest BCUT2D eigenvalue weighted by Crippen LogP contribution is 2.28. The molecule has 8 heteroatoms. The molecule has 0 saturated carbocycles. The van der Waals surface area contributed by atoms with Crippen LogP contribution >= 0.6 is 11.7 Å². The fourth-order valence-electron chi connectivity index (χ4n) is 2.29. The molecule has 1 aliphatic heterocycles. The molecule has 1 saturated heterocycles. The molecule has 3 rings (SSSR count). The normalized spacial score (nSPS) is 21.2. The van der Waals surface area contributed by atoms with Crippen molar-refractivity contribution in [2.75, 3.05) is 19.7 Å². The SMILES string of the molecule is O=S(=O)(c1cccc2nsnc12)N1CCC(CO)C1. The highest BCUT2D eigenvalue weighted by atomic mass is 32.2. The van der Waals surface area contributed by atoms with Gasteiger partial charge in [-0.2, -0.15) is 13.1 Å². The first-order chi connectivity index (χ1) is 9.13. The molecule has 0 amide bonds. The lowest BCUT2D eigenvalue weighted by Crippen LogP contribution is -2.29. The van der Waals surface area contributed by atoms with Crippen molar-refractivity contribution in [1.29, 1.82) is 0 Å². The van der Waals surface area contributed by atoms with E-state index in [0.29, 0.717) is 30.5 Å². The predicted octanol–water partition coefficient (Wildman–Crippen LogP) is 0.694. The molecule has 19 heavy (non-hydrogen) atoms. The minimum absolute atomic E-state index is 0.0223. The highest BCUT2D eigenvalue weighted by Gasteiger charge is 2.33. The molecule has 1 aromatic heterocycles. The summed E-state index contributed by atoms with van der Waals surface area (Å²) < 4.78 is 34.7. The standard InChI is InChI=1S/C11H13N3O3S2/c15-7-8-4-5-14(6-8)19(16,17)10-3-1-2-9-11(10)13-18-12-9/h1-3,8,15H,4-7H2. The average molecular weight is 299 g/mol. The van der Waals surface area contributed by atoms with Crippen LogP contribution in [-0.2, 0) is 10.0 Å². The Bertz CT molecular complexity index is 698. The van der Waals surface area contributed by atoms with E-state index < -0.39 is 10.0 Å². The van der Waals surface area contributed by atoms with Gasteiger partial charge in [-0.3, -0.25) is 0 Å². The minimum Gasteiger partial charge on any atom is -0.396 e. The summed E-state index contributed by atoms with van der Waals surface area (Å²) in [6, 6.07) is 4.99. The maximum absolute atomic E-state index is 12.6. The van der Waals surface area contributed by atoms with Gasteiger partial charge in [0.2, 0.25) is 10.0 Å². The molecule has 0 spiro atoms. The van der Waals surface area contributed by atoms with Gasteiger partial charge in [0.1, 0.15) is 15.9 Å². The molecule has 0 radical (unpaired) electrons. The van der Waals surface area contributed by atoms with Crippen LogP contribution in [0.15, 0.2) is 23.1 Å². The molecule has 1 unspecified atom stereocenters. The third-order valence-corrected chi connectivity index (χ3v) is 5.81. The molecule has 1 aliphatic rings. The number of aliphatic hydroxyl groups is 1. The number of aliphatic hydroxyl groups excluding tert-OH is 1. The van der Waals surface area contributed by atoms with Gasteiger partial charge in [-0.05, 0) is 24.5 Å². The smallest absolute Gasteiger partial charge is 0.245 e. The Kier molecular flexibility index (Phi) is 3.25. The first-order valence-electron chi connectivity index (χ1n) is 5.95. The van der Waals surface area contributed by atoms with E-state index in [9.17, 15) is 8.42 Å². The third kappa shape index (κ3) is 2.14. The Balaban J connectivity index is 2.03. The Morgan fingerprint density at radius 3 is 3.00 bits per heavy atom. The molecule has 6 nitrogen and oxygen atoms in total. The van der Waals surface area contributed by atoms with Crippen molar-refractivity contribution < 1.29 is 13.5 Å². The molecule has 2 heterocycles. The third-order valence-electron chi connectivity index (χ3n) is 3.37. The number of aromatic nitrogens is 2. The first-order valence-corrected chi connectivity index (χ1v) is 8.12. The van der Waals surface area contributed by atoms with Crippen LogP contribution < -0.4 is 0 Å². The summed E-state index contributed by atoms with van der Waals surface area (Å²) in [5.41, 5.74) is 1.03. The second kappa shape index (κ2) is 4.78. The van der Waals surface area contributed by atoms with Crippen LogP contribution in [-0.4, -0.2) is 46.3 Å². The van der Waals surface area contributed by atoms with E-state index in [0.717, 1.165) is 11.7 Å². The Morgan fingerprint density at radius 2 is 2.26 bits per heavy atom. The Morgan fingerprint density at radius 1 is 1.42 bits per heavy atom. The molecule has 0 bridgehead atoms. The van der Waals surface area contributed by atoms with Crippen molar-refractivity contribution >= 4 is 32.8 Å². The molecule has 0 aliphatic carbocycles. The average Bonchev–Trinajstić information content (AvgIpc) is 3.06. The van der Waals surface area contributed by atoms with E-state index in [1.54, 1.807) is 18.2 Å². The maximum atomic E-state index is 12.6. The van der Waals surface area contributed by atoms with Gasteiger partial charge in [0, 0.05) is 19.7 Å². The van der Waals surface area contributed by atoms with Gasteiger partial charge in [0.25, 0.3) is 0 Å². The zero-order valence-electron chi connectivity index (χ0n) is 10.1.